The first-order chi connectivity index (χ1) is 7.63. The smallest absolute Gasteiger partial charge is 0.0314 e. The predicted molar refractivity (Wildman–Crippen MR) is 75.0 cm³/mol. The monoisotopic (exact) mass is 238 g/mol. The minimum atomic E-state index is 0.642. The highest BCUT2D eigenvalue weighted by Crippen LogP contribution is 2.08. The highest BCUT2D eigenvalue weighted by molar-refractivity contribution is 7.98. The van der Waals surface area contributed by atoms with Crippen molar-refractivity contribution in [1.29, 1.82) is 0 Å². The summed E-state index contributed by atoms with van der Waals surface area (Å²) in [6.07, 6.45) is 3.25. The van der Waals surface area contributed by atoms with E-state index in [-0.39, 0.29) is 0 Å². The van der Waals surface area contributed by atoms with E-state index in [9.17, 15) is 0 Å². The third kappa shape index (κ3) is 4.45. The van der Waals surface area contributed by atoms with Crippen LogP contribution in [0.2, 0.25) is 0 Å². The zero-order chi connectivity index (χ0) is 12.0. The number of anilines is 1. The summed E-state index contributed by atoms with van der Waals surface area (Å²) >= 11 is 1.90. The fourth-order valence-electron chi connectivity index (χ4n) is 1.58. The Kier molecular flexibility index (Phi) is 5.71. The SMILES string of the molecule is CSCC(C)N(C)CCc1ccc(N)cc1. The molecule has 2 nitrogen and oxygen atoms in total. The lowest BCUT2D eigenvalue weighted by Crippen LogP contribution is -2.32. The van der Waals surface area contributed by atoms with Crippen molar-refractivity contribution < 1.29 is 0 Å². The first kappa shape index (κ1) is 13.4. The fourth-order valence-corrected chi connectivity index (χ4v) is 2.32. The van der Waals surface area contributed by atoms with Crippen LogP contribution in [0.15, 0.2) is 24.3 Å². The average Bonchev–Trinajstić information content (AvgIpc) is 2.28. The number of likely N-dealkylation sites (N-methyl/N-ethyl adjacent to an activating group) is 1. The fraction of sp³-hybridized carbons (Fsp3) is 0.538. The van der Waals surface area contributed by atoms with Gasteiger partial charge in [-0.25, -0.2) is 0 Å². The Morgan fingerprint density at radius 1 is 1.31 bits per heavy atom. The summed E-state index contributed by atoms with van der Waals surface area (Å²) in [4.78, 5) is 2.41. The number of thioether (sulfide) groups is 1. The van der Waals surface area contributed by atoms with Crippen LogP contribution in [-0.2, 0) is 6.42 Å². The Bertz CT molecular complexity index is 297. The van der Waals surface area contributed by atoms with Crippen LogP contribution in [0.3, 0.4) is 0 Å². The van der Waals surface area contributed by atoms with Crippen LogP contribution < -0.4 is 5.73 Å². The Hall–Kier alpha value is -0.670. The normalized spacial score (nSPS) is 13.0. The second kappa shape index (κ2) is 6.81. The summed E-state index contributed by atoms with van der Waals surface area (Å²) in [5.41, 5.74) is 7.86. The molecular formula is C13H22N2S. The van der Waals surface area contributed by atoms with Gasteiger partial charge in [-0.3, -0.25) is 0 Å². The first-order valence-electron chi connectivity index (χ1n) is 5.67. The molecule has 1 atom stereocenters. The minimum absolute atomic E-state index is 0.642. The largest absolute Gasteiger partial charge is 0.399 e. The van der Waals surface area contributed by atoms with Crippen molar-refractivity contribution in [3.05, 3.63) is 29.8 Å². The number of hydrogen-bond donors (Lipinski definition) is 1. The molecule has 2 N–H and O–H groups in total. The van der Waals surface area contributed by atoms with Gasteiger partial charge in [0.15, 0.2) is 0 Å². The second-order valence-corrected chi connectivity index (χ2v) is 5.19. The summed E-state index contributed by atoms with van der Waals surface area (Å²) in [7, 11) is 2.19. The molecule has 16 heavy (non-hydrogen) atoms. The van der Waals surface area contributed by atoms with Crippen LogP contribution in [0, 0.1) is 0 Å². The van der Waals surface area contributed by atoms with Crippen LogP contribution in [0.1, 0.15) is 12.5 Å². The Morgan fingerprint density at radius 3 is 2.50 bits per heavy atom. The molecule has 0 aliphatic heterocycles. The van der Waals surface area contributed by atoms with E-state index in [1.54, 1.807) is 0 Å². The maximum Gasteiger partial charge on any atom is 0.0314 e. The van der Waals surface area contributed by atoms with Gasteiger partial charge in [-0.05, 0) is 44.3 Å². The Balaban J connectivity index is 2.36. The van der Waals surface area contributed by atoms with Crippen molar-refractivity contribution in [2.45, 2.75) is 19.4 Å². The maximum atomic E-state index is 5.66. The van der Waals surface area contributed by atoms with Crippen molar-refractivity contribution in [2.75, 3.05) is 31.3 Å². The van der Waals surface area contributed by atoms with Gasteiger partial charge in [0.2, 0.25) is 0 Å². The highest BCUT2D eigenvalue weighted by Gasteiger charge is 2.07. The van der Waals surface area contributed by atoms with E-state index in [1.807, 2.05) is 23.9 Å². The molecule has 1 aromatic rings. The minimum Gasteiger partial charge on any atom is -0.399 e. The molecule has 0 saturated carbocycles. The molecule has 0 aromatic heterocycles. The van der Waals surface area contributed by atoms with E-state index < -0.39 is 0 Å². The molecule has 0 aliphatic rings. The van der Waals surface area contributed by atoms with Crippen molar-refractivity contribution in [3.63, 3.8) is 0 Å². The van der Waals surface area contributed by atoms with E-state index in [2.05, 4.69) is 37.3 Å². The molecule has 0 radical (unpaired) electrons. The Labute approximate surface area is 103 Å². The molecule has 1 rings (SSSR count). The van der Waals surface area contributed by atoms with Crippen LogP contribution in [0.4, 0.5) is 5.69 Å². The standard InChI is InChI=1S/C13H22N2S/c1-11(10-16-3)15(2)9-8-12-4-6-13(14)7-5-12/h4-7,11H,8-10,14H2,1-3H3. The molecule has 0 fully saturated rings. The summed E-state index contributed by atoms with van der Waals surface area (Å²) < 4.78 is 0. The summed E-state index contributed by atoms with van der Waals surface area (Å²) in [5.74, 6) is 1.19. The molecule has 1 aromatic carbocycles. The van der Waals surface area contributed by atoms with Crippen LogP contribution in [-0.4, -0.2) is 36.5 Å². The topological polar surface area (TPSA) is 29.3 Å². The third-order valence-electron chi connectivity index (χ3n) is 2.89. The predicted octanol–water partition coefficient (Wildman–Crippen LogP) is 2.49. The van der Waals surface area contributed by atoms with Gasteiger partial charge >= 0.3 is 0 Å². The molecule has 0 amide bonds. The summed E-state index contributed by atoms with van der Waals surface area (Å²) in [6.45, 7) is 3.38. The number of benzene rings is 1. The number of hydrogen-bond acceptors (Lipinski definition) is 3. The quantitative estimate of drug-likeness (QED) is 0.772. The molecule has 0 spiro atoms. The molecular weight excluding hydrogens is 216 g/mol. The van der Waals surface area contributed by atoms with Gasteiger partial charge in [0.05, 0.1) is 0 Å². The molecule has 0 heterocycles. The lowest BCUT2D eigenvalue weighted by molar-refractivity contribution is 0.281. The van der Waals surface area contributed by atoms with Crippen molar-refractivity contribution in [1.82, 2.24) is 4.90 Å². The van der Waals surface area contributed by atoms with E-state index in [1.165, 1.54) is 11.3 Å². The van der Waals surface area contributed by atoms with Gasteiger partial charge in [-0.15, -0.1) is 0 Å². The summed E-state index contributed by atoms with van der Waals surface area (Å²) in [6, 6.07) is 8.82. The number of nitrogen functional groups attached to an aromatic ring is 1. The van der Waals surface area contributed by atoms with Gasteiger partial charge in [-0.1, -0.05) is 12.1 Å². The van der Waals surface area contributed by atoms with Crippen molar-refractivity contribution in [2.24, 2.45) is 0 Å². The van der Waals surface area contributed by atoms with E-state index in [0.717, 1.165) is 18.7 Å². The molecule has 1 unspecified atom stereocenters. The maximum absolute atomic E-state index is 5.66. The van der Waals surface area contributed by atoms with Gasteiger partial charge in [-0.2, -0.15) is 11.8 Å². The van der Waals surface area contributed by atoms with E-state index in [4.69, 9.17) is 5.73 Å². The van der Waals surface area contributed by atoms with Gasteiger partial charge in [0, 0.05) is 24.0 Å². The number of nitrogens with two attached hydrogens (primary N) is 1. The highest BCUT2D eigenvalue weighted by atomic mass is 32.2. The summed E-state index contributed by atoms with van der Waals surface area (Å²) in [5, 5.41) is 0. The molecule has 3 heteroatoms. The van der Waals surface area contributed by atoms with E-state index in [0.29, 0.717) is 6.04 Å². The lowest BCUT2D eigenvalue weighted by Gasteiger charge is -2.23. The van der Waals surface area contributed by atoms with Gasteiger partial charge in [0.1, 0.15) is 0 Å². The second-order valence-electron chi connectivity index (χ2n) is 4.28. The van der Waals surface area contributed by atoms with Gasteiger partial charge in [0.25, 0.3) is 0 Å². The number of nitrogens with zero attached hydrogens (tertiary/aromatic N) is 1. The van der Waals surface area contributed by atoms with Crippen molar-refractivity contribution in [3.8, 4) is 0 Å². The molecule has 90 valence electrons. The lowest BCUT2D eigenvalue weighted by atomic mass is 10.1. The first-order valence-corrected chi connectivity index (χ1v) is 7.06. The van der Waals surface area contributed by atoms with Gasteiger partial charge < -0.3 is 10.6 Å². The zero-order valence-corrected chi connectivity index (χ0v) is 11.3. The van der Waals surface area contributed by atoms with E-state index >= 15 is 0 Å². The number of rotatable bonds is 6. The van der Waals surface area contributed by atoms with Crippen LogP contribution in [0.5, 0.6) is 0 Å². The third-order valence-corrected chi connectivity index (χ3v) is 3.71. The average molecular weight is 238 g/mol. The molecule has 0 aliphatic carbocycles. The zero-order valence-electron chi connectivity index (χ0n) is 10.4. The Morgan fingerprint density at radius 2 is 1.94 bits per heavy atom. The van der Waals surface area contributed by atoms with Crippen LogP contribution in [0.25, 0.3) is 0 Å². The van der Waals surface area contributed by atoms with Crippen molar-refractivity contribution >= 4 is 17.4 Å². The van der Waals surface area contributed by atoms with Crippen LogP contribution >= 0.6 is 11.8 Å². The molecule has 0 bridgehead atoms. The molecule has 0 saturated heterocycles.